The van der Waals surface area contributed by atoms with E-state index in [-0.39, 0.29) is 12.1 Å². The van der Waals surface area contributed by atoms with Gasteiger partial charge in [-0.05, 0) is 27.7 Å². The van der Waals surface area contributed by atoms with Crippen LogP contribution in [0.1, 0.15) is 27.7 Å². The number of likely N-dealkylation sites (tertiary alicyclic amines) is 1. The smallest absolute Gasteiger partial charge is 0.410 e. The van der Waals surface area contributed by atoms with Crippen molar-refractivity contribution in [3.63, 3.8) is 0 Å². The first-order valence-corrected chi connectivity index (χ1v) is 7.36. The second kappa shape index (κ2) is 4.45. The number of hydrogen-bond donors (Lipinski definition) is 1. The maximum atomic E-state index is 11.7. The van der Waals surface area contributed by atoms with Gasteiger partial charge in [0.2, 0.25) is 10.0 Å². The molecule has 1 saturated heterocycles. The second-order valence-corrected chi connectivity index (χ2v) is 7.15. The fourth-order valence-electron chi connectivity index (χ4n) is 1.58. The van der Waals surface area contributed by atoms with E-state index < -0.39 is 21.7 Å². The van der Waals surface area contributed by atoms with E-state index in [9.17, 15) is 13.2 Å². The minimum absolute atomic E-state index is 0.181. The first-order chi connectivity index (χ1) is 7.49. The van der Waals surface area contributed by atoms with Gasteiger partial charge in [-0.3, -0.25) is 0 Å². The molecule has 1 N–H and O–H groups in total. The Morgan fingerprint density at radius 3 is 2.29 bits per heavy atom. The Hall–Kier alpha value is -0.820. The minimum Gasteiger partial charge on any atom is -0.444 e. The van der Waals surface area contributed by atoms with Crippen molar-refractivity contribution in [1.29, 1.82) is 0 Å². The number of ether oxygens (including phenoxy) is 1. The average Bonchev–Trinajstić information content (AvgIpc) is 2.06. The van der Waals surface area contributed by atoms with Crippen molar-refractivity contribution < 1.29 is 17.9 Å². The molecule has 0 spiro atoms. The quantitative estimate of drug-likeness (QED) is 0.790. The van der Waals surface area contributed by atoms with Gasteiger partial charge >= 0.3 is 6.09 Å². The van der Waals surface area contributed by atoms with Gasteiger partial charge in [0.05, 0.1) is 18.3 Å². The highest BCUT2D eigenvalue weighted by Crippen LogP contribution is 2.21. The minimum atomic E-state index is -3.23. The zero-order valence-corrected chi connectivity index (χ0v) is 11.7. The third-order valence-electron chi connectivity index (χ3n) is 2.46. The van der Waals surface area contributed by atoms with Crippen LogP contribution in [0, 0.1) is 0 Å². The number of carbonyl (C=O) groups is 1. The standard InChI is InChI=1S/C10H20N2O4S/c1-7-8(11-17(5,14)15)6-12(7)9(13)16-10(2,3)4/h7-8,11H,6H2,1-5H3/t7-,8+/m1/s1. The van der Waals surface area contributed by atoms with Gasteiger partial charge in [0.1, 0.15) is 5.60 Å². The highest BCUT2D eigenvalue weighted by Gasteiger charge is 2.41. The molecule has 100 valence electrons. The van der Waals surface area contributed by atoms with Crippen LogP contribution in [0.25, 0.3) is 0 Å². The highest BCUT2D eigenvalue weighted by atomic mass is 32.2. The molecule has 0 bridgehead atoms. The van der Waals surface area contributed by atoms with Crippen molar-refractivity contribution in [2.45, 2.75) is 45.4 Å². The predicted octanol–water partition coefficient (Wildman–Crippen LogP) is 0.543. The molecule has 0 unspecified atom stereocenters. The Morgan fingerprint density at radius 1 is 1.41 bits per heavy atom. The summed E-state index contributed by atoms with van der Waals surface area (Å²) in [6.45, 7) is 7.52. The van der Waals surface area contributed by atoms with Crippen LogP contribution in [0.2, 0.25) is 0 Å². The third kappa shape index (κ3) is 4.16. The van der Waals surface area contributed by atoms with E-state index in [1.807, 2.05) is 0 Å². The monoisotopic (exact) mass is 264 g/mol. The molecule has 1 amide bonds. The van der Waals surface area contributed by atoms with E-state index >= 15 is 0 Å². The Bertz CT molecular complexity index is 399. The van der Waals surface area contributed by atoms with Crippen LogP contribution in [0.15, 0.2) is 0 Å². The Morgan fingerprint density at radius 2 is 1.94 bits per heavy atom. The van der Waals surface area contributed by atoms with E-state index in [4.69, 9.17) is 4.74 Å². The first-order valence-electron chi connectivity index (χ1n) is 5.46. The van der Waals surface area contributed by atoms with Crippen molar-refractivity contribution >= 4 is 16.1 Å². The van der Waals surface area contributed by atoms with Crippen LogP contribution in [-0.4, -0.2) is 49.9 Å². The number of amides is 1. The zero-order valence-electron chi connectivity index (χ0n) is 10.9. The predicted molar refractivity (Wildman–Crippen MR) is 64.2 cm³/mol. The van der Waals surface area contributed by atoms with E-state index in [1.165, 1.54) is 4.90 Å². The second-order valence-electron chi connectivity index (χ2n) is 5.37. The molecule has 1 rings (SSSR count). The topological polar surface area (TPSA) is 75.7 Å². The zero-order chi connectivity index (χ0) is 13.4. The van der Waals surface area contributed by atoms with Crippen molar-refractivity contribution in [2.24, 2.45) is 0 Å². The summed E-state index contributed by atoms with van der Waals surface area (Å²) in [6.07, 6.45) is 0.701. The van der Waals surface area contributed by atoms with Crippen molar-refractivity contribution in [3.05, 3.63) is 0 Å². The Kier molecular flexibility index (Phi) is 3.73. The van der Waals surface area contributed by atoms with Crippen LogP contribution in [-0.2, 0) is 14.8 Å². The number of nitrogens with zero attached hydrogens (tertiary/aromatic N) is 1. The highest BCUT2D eigenvalue weighted by molar-refractivity contribution is 7.88. The van der Waals surface area contributed by atoms with Crippen LogP contribution in [0.3, 0.4) is 0 Å². The molecule has 1 aliphatic heterocycles. The number of hydrogen-bond acceptors (Lipinski definition) is 4. The lowest BCUT2D eigenvalue weighted by Gasteiger charge is -2.45. The molecule has 0 saturated carbocycles. The molecule has 0 aromatic rings. The van der Waals surface area contributed by atoms with Gasteiger partial charge in [-0.2, -0.15) is 0 Å². The molecular weight excluding hydrogens is 244 g/mol. The van der Waals surface area contributed by atoms with Gasteiger partial charge in [0.25, 0.3) is 0 Å². The van der Waals surface area contributed by atoms with Crippen LogP contribution < -0.4 is 4.72 Å². The molecule has 6 nitrogen and oxygen atoms in total. The van der Waals surface area contributed by atoms with Crippen molar-refractivity contribution in [3.8, 4) is 0 Å². The van der Waals surface area contributed by atoms with Crippen molar-refractivity contribution in [2.75, 3.05) is 12.8 Å². The molecule has 0 radical (unpaired) electrons. The summed E-state index contributed by atoms with van der Waals surface area (Å²) in [4.78, 5) is 13.2. The number of carbonyl (C=O) groups excluding carboxylic acids is 1. The molecule has 0 aliphatic carbocycles. The lowest BCUT2D eigenvalue weighted by Crippen LogP contribution is -2.67. The summed E-state index contributed by atoms with van der Waals surface area (Å²) < 4.78 is 29.8. The molecule has 2 atom stereocenters. The van der Waals surface area contributed by atoms with Gasteiger partial charge in [0, 0.05) is 6.54 Å². The summed E-state index contributed by atoms with van der Waals surface area (Å²) in [5, 5.41) is 0. The maximum Gasteiger partial charge on any atom is 0.410 e. The number of rotatable bonds is 2. The Balaban J connectivity index is 2.50. The average molecular weight is 264 g/mol. The molecular formula is C10H20N2O4S. The SMILES string of the molecule is C[C@@H]1[C@@H](NS(C)(=O)=O)CN1C(=O)OC(C)(C)C. The summed E-state index contributed by atoms with van der Waals surface area (Å²) in [7, 11) is -3.23. The van der Waals surface area contributed by atoms with E-state index in [2.05, 4.69) is 4.72 Å². The fraction of sp³-hybridized carbons (Fsp3) is 0.900. The maximum absolute atomic E-state index is 11.7. The van der Waals surface area contributed by atoms with Gasteiger partial charge in [-0.25, -0.2) is 17.9 Å². The fourth-order valence-corrected chi connectivity index (χ4v) is 2.40. The van der Waals surface area contributed by atoms with Gasteiger partial charge < -0.3 is 9.64 Å². The van der Waals surface area contributed by atoms with E-state index in [0.29, 0.717) is 6.54 Å². The lowest BCUT2D eigenvalue weighted by molar-refractivity contribution is -0.0109. The largest absolute Gasteiger partial charge is 0.444 e. The Labute approximate surface area is 102 Å². The molecule has 1 aliphatic rings. The van der Waals surface area contributed by atoms with Gasteiger partial charge in [0.15, 0.2) is 0 Å². The normalized spacial score (nSPS) is 25.4. The lowest BCUT2D eigenvalue weighted by atomic mass is 10.0. The molecule has 1 heterocycles. The van der Waals surface area contributed by atoms with Crippen LogP contribution >= 0.6 is 0 Å². The summed E-state index contributed by atoms with van der Waals surface area (Å²) in [5.74, 6) is 0. The summed E-state index contributed by atoms with van der Waals surface area (Å²) in [6, 6.07) is -0.405. The number of sulfonamides is 1. The van der Waals surface area contributed by atoms with Gasteiger partial charge in [-0.1, -0.05) is 0 Å². The van der Waals surface area contributed by atoms with E-state index in [1.54, 1.807) is 27.7 Å². The van der Waals surface area contributed by atoms with Crippen molar-refractivity contribution in [1.82, 2.24) is 9.62 Å². The molecule has 7 heteroatoms. The summed E-state index contributed by atoms with van der Waals surface area (Å²) in [5.41, 5.74) is -0.536. The van der Waals surface area contributed by atoms with Gasteiger partial charge in [-0.15, -0.1) is 0 Å². The van der Waals surface area contributed by atoms with E-state index in [0.717, 1.165) is 6.26 Å². The number of nitrogens with one attached hydrogen (secondary N) is 1. The molecule has 1 fully saturated rings. The molecule has 17 heavy (non-hydrogen) atoms. The molecule has 0 aromatic heterocycles. The van der Waals surface area contributed by atoms with Crippen LogP contribution in [0.5, 0.6) is 0 Å². The van der Waals surface area contributed by atoms with Crippen LogP contribution in [0.4, 0.5) is 4.79 Å². The molecule has 0 aromatic carbocycles. The third-order valence-corrected chi connectivity index (χ3v) is 3.19. The first kappa shape index (κ1) is 14.2. The summed E-state index contributed by atoms with van der Waals surface area (Å²) >= 11 is 0.